The van der Waals surface area contributed by atoms with E-state index in [1.54, 1.807) is 0 Å². The Morgan fingerprint density at radius 1 is 1.42 bits per heavy atom. The first-order valence-electron chi connectivity index (χ1n) is 5.06. The Bertz CT molecular complexity index is 554. The molecule has 0 aliphatic heterocycles. The van der Waals surface area contributed by atoms with Crippen molar-refractivity contribution in [2.45, 2.75) is 13.8 Å². The van der Waals surface area contributed by atoms with Crippen LogP contribution in [0.1, 0.15) is 13.8 Å². The van der Waals surface area contributed by atoms with E-state index in [1.807, 2.05) is 0 Å². The van der Waals surface area contributed by atoms with Gasteiger partial charge in [-0.05, 0) is 26.0 Å². The number of esters is 1. The number of carbonyl (C=O) groups is 2. The van der Waals surface area contributed by atoms with Crippen LogP contribution in [0.5, 0.6) is 5.75 Å². The lowest BCUT2D eigenvalue weighted by molar-refractivity contribution is -0.385. The minimum absolute atomic E-state index is 0.205. The lowest BCUT2D eigenvalue weighted by Gasteiger charge is -2.17. The molecular formula is C11H10ClNO6. The Morgan fingerprint density at radius 3 is 2.47 bits per heavy atom. The molecule has 0 aromatic heterocycles. The predicted octanol–water partition coefficient (Wildman–Crippen LogP) is 2.26. The number of hydrogen-bond donors (Lipinski definition) is 1. The zero-order valence-electron chi connectivity index (χ0n) is 10.0. The van der Waals surface area contributed by atoms with Crippen LogP contribution in [-0.4, -0.2) is 22.0 Å². The van der Waals surface area contributed by atoms with E-state index in [0.717, 1.165) is 13.8 Å². The molecule has 0 bridgehead atoms. The third-order valence-corrected chi connectivity index (χ3v) is 2.68. The number of para-hydroxylation sites is 1. The van der Waals surface area contributed by atoms with Gasteiger partial charge in [0, 0.05) is 0 Å². The van der Waals surface area contributed by atoms with Gasteiger partial charge >= 0.3 is 17.6 Å². The van der Waals surface area contributed by atoms with Crippen LogP contribution in [0.25, 0.3) is 0 Å². The summed E-state index contributed by atoms with van der Waals surface area (Å²) in [5, 5.41) is 19.5. The monoisotopic (exact) mass is 287 g/mol. The molecule has 1 aromatic rings. The molecule has 0 amide bonds. The van der Waals surface area contributed by atoms with Gasteiger partial charge in [0.2, 0.25) is 5.75 Å². The van der Waals surface area contributed by atoms with Gasteiger partial charge in [-0.25, -0.2) is 0 Å². The molecule has 0 saturated carbocycles. The van der Waals surface area contributed by atoms with Gasteiger partial charge in [-0.1, -0.05) is 17.7 Å². The number of rotatable bonds is 4. The number of carbonyl (C=O) groups excluding carboxylic acids is 1. The van der Waals surface area contributed by atoms with E-state index >= 15 is 0 Å². The van der Waals surface area contributed by atoms with E-state index in [9.17, 15) is 19.7 Å². The first-order valence-corrected chi connectivity index (χ1v) is 5.44. The van der Waals surface area contributed by atoms with Crippen LogP contribution in [0.2, 0.25) is 5.02 Å². The molecule has 1 N–H and O–H groups in total. The molecule has 0 aliphatic rings. The highest BCUT2D eigenvalue weighted by molar-refractivity contribution is 6.33. The molecule has 0 aliphatic carbocycles. The van der Waals surface area contributed by atoms with E-state index < -0.39 is 33.7 Å². The molecule has 7 nitrogen and oxygen atoms in total. The maximum Gasteiger partial charge on any atom is 0.330 e. The molecule has 0 heterocycles. The van der Waals surface area contributed by atoms with Gasteiger partial charge in [-0.15, -0.1) is 0 Å². The number of halogens is 1. The average Bonchev–Trinajstić information content (AvgIpc) is 2.27. The summed E-state index contributed by atoms with van der Waals surface area (Å²) in [5.74, 6) is -2.91. The van der Waals surface area contributed by atoms with Crippen LogP contribution in [0, 0.1) is 15.5 Å². The van der Waals surface area contributed by atoms with Crippen molar-refractivity contribution >= 4 is 29.2 Å². The van der Waals surface area contributed by atoms with Crippen molar-refractivity contribution in [1.29, 1.82) is 0 Å². The van der Waals surface area contributed by atoms with Gasteiger partial charge in [0.05, 0.1) is 4.92 Å². The Hall–Kier alpha value is -2.15. The number of ether oxygens (including phenoxy) is 1. The van der Waals surface area contributed by atoms with Gasteiger partial charge in [-0.2, -0.15) is 0 Å². The third-order valence-electron chi connectivity index (χ3n) is 2.38. The number of hydrogen-bond acceptors (Lipinski definition) is 5. The van der Waals surface area contributed by atoms with Crippen molar-refractivity contribution in [3.05, 3.63) is 33.3 Å². The van der Waals surface area contributed by atoms with Gasteiger partial charge in [0.25, 0.3) is 0 Å². The Balaban J connectivity index is 3.14. The highest BCUT2D eigenvalue weighted by atomic mass is 35.5. The number of nitro groups is 1. The van der Waals surface area contributed by atoms with Crippen LogP contribution >= 0.6 is 11.6 Å². The molecule has 19 heavy (non-hydrogen) atoms. The molecule has 1 aromatic carbocycles. The SMILES string of the molecule is CC(C)(C(=O)O)C(=O)Oc1cccc(Cl)c1[N+](=O)[O-]. The van der Waals surface area contributed by atoms with Gasteiger partial charge < -0.3 is 9.84 Å². The third kappa shape index (κ3) is 3.00. The van der Waals surface area contributed by atoms with Crippen molar-refractivity contribution in [3.8, 4) is 5.75 Å². The Morgan fingerprint density at radius 2 is 2.00 bits per heavy atom. The number of carboxylic acid groups (broad SMARTS) is 1. The zero-order chi connectivity index (χ0) is 14.8. The van der Waals surface area contributed by atoms with Crippen LogP contribution in [0.4, 0.5) is 5.69 Å². The fourth-order valence-corrected chi connectivity index (χ4v) is 1.30. The number of benzene rings is 1. The second-order valence-corrected chi connectivity index (χ2v) is 4.57. The van der Waals surface area contributed by atoms with Crippen molar-refractivity contribution in [2.75, 3.05) is 0 Å². The number of nitro benzene ring substituents is 1. The first kappa shape index (κ1) is 14.9. The molecule has 0 saturated heterocycles. The highest BCUT2D eigenvalue weighted by Crippen LogP contribution is 2.35. The second kappa shape index (κ2) is 5.23. The van der Waals surface area contributed by atoms with E-state index in [0.29, 0.717) is 0 Å². The lowest BCUT2D eigenvalue weighted by atomic mass is 9.94. The Kier molecular flexibility index (Phi) is 4.10. The van der Waals surface area contributed by atoms with E-state index in [2.05, 4.69) is 0 Å². The largest absolute Gasteiger partial charge is 0.480 e. The minimum Gasteiger partial charge on any atom is -0.480 e. The van der Waals surface area contributed by atoms with Crippen molar-refractivity contribution in [3.63, 3.8) is 0 Å². The summed E-state index contributed by atoms with van der Waals surface area (Å²) in [5.41, 5.74) is -2.41. The van der Waals surface area contributed by atoms with Crippen molar-refractivity contribution in [1.82, 2.24) is 0 Å². The fraction of sp³-hybridized carbons (Fsp3) is 0.273. The summed E-state index contributed by atoms with van der Waals surface area (Å²) in [6.45, 7) is 2.27. The molecular weight excluding hydrogens is 278 g/mol. The summed E-state index contributed by atoms with van der Waals surface area (Å²) < 4.78 is 4.77. The van der Waals surface area contributed by atoms with E-state index in [1.165, 1.54) is 18.2 Å². The maximum atomic E-state index is 11.7. The molecule has 0 unspecified atom stereocenters. The number of carboxylic acids is 1. The van der Waals surface area contributed by atoms with Crippen molar-refractivity contribution < 1.29 is 24.4 Å². The molecule has 1 rings (SSSR count). The topological polar surface area (TPSA) is 107 Å². The molecule has 0 fully saturated rings. The van der Waals surface area contributed by atoms with Crippen LogP contribution in [0.3, 0.4) is 0 Å². The quantitative estimate of drug-likeness (QED) is 0.299. The summed E-state index contributed by atoms with van der Waals surface area (Å²) >= 11 is 5.64. The van der Waals surface area contributed by atoms with Crippen LogP contribution < -0.4 is 4.74 Å². The van der Waals surface area contributed by atoms with Gasteiger partial charge in [0.1, 0.15) is 5.02 Å². The minimum atomic E-state index is -1.82. The normalized spacial score (nSPS) is 10.9. The smallest absolute Gasteiger partial charge is 0.330 e. The standard InChI is InChI=1S/C11H10ClNO6/c1-11(2,9(14)15)10(16)19-7-5-3-4-6(12)8(7)13(17)18/h3-5H,1-2H3,(H,14,15). The van der Waals surface area contributed by atoms with Crippen LogP contribution in [0.15, 0.2) is 18.2 Å². The Labute approximate surface area is 112 Å². The molecule has 0 spiro atoms. The second-order valence-electron chi connectivity index (χ2n) is 4.16. The zero-order valence-corrected chi connectivity index (χ0v) is 10.8. The van der Waals surface area contributed by atoms with Crippen molar-refractivity contribution in [2.24, 2.45) is 5.41 Å². The summed E-state index contributed by atoms with van der Waals surface area (Å²) in [4.78, 5) is 32.6. The summed E-state index contributed by atoms with van der Waals surface area (Å²) in [6, 6.07) is 3.78. The molecule has 8 heteroatoms. The van der Waals surface area contributed by atoms with E-state index in [-0.39, 0.29) is 5.02 Å². The summed E-state index contributed by atoms with van der Waals surface area (Å²) in [7, 11) is 0. The first-order chi connectivity index (χ1) is 8.67. The van der Waals surface area contributed by atoms with E-state index in [4.69, 9.17) is 21.4 Å². The molecule has 0 atom stereocenters. The molecule has 102 valence electrons. The highest BCUT2D eigenvalue weighted by Gasteiger charge is 2.39. The molecule has 0 radical (unpaired) electrons. The average molecular weight is 288 g/mol. The summed E-state index contributed by atoms with van der Waals surface area (Å²) in [6.07, 6.45) is 0. The number of aliphatic carboxylic acids is 1. The number of nitrogens with zero attached hydrogens (tertiary/aromatic N) is 1. The predicted molar refractivity (Wildman–Crippen MR) is 65.2 cm³/mol. The van der Waals surface area contributed by atoms with Gasteiger partial charge in [-0.3, -0.25) is 19.7 Å². The van der Waals surface area contributed by atoms with Gasteiger partial charge in [0.15, 0.2) is 5.41 Å². The van der Waals surface area contributed by atoms with Crippen LogP contribution in [-0.2, 0) is 9.59 Å². The maximum absolute atomic E-state index is 11.7. The lowest BCUT2D eigenvalue weighted by Crippen LogP contribution is -2.36. The fourth-order valence-electron chi connectivity index (χ4n) is 1.07.